The Labute approximate surface area is 116 Å². The van der Waals surface area contributed by atoms with Gasteiger partial charge in [0.25, 0.3) is 0 Å². The molecule has 1 fully saturated rings. The van der Waals surface area contributed by atoms with Crippen LogP contribution in [0.15, 0.2) is 6.20 Å². The number of sulfone groups is 1. The first-order valence-corrected chi connectivity index (χ1v) is 8.94. The van der Waals surface area contributed by atoms with Crippen LogP contribution in [0, 0.1) is 5.92 Å². The molecule has 0 aromatic carbocycles. The number of nitrogens with zero attached hydrogens (tertiary/aromatic N) is 1. The second-order valence-corrected chi connectivity index (χ2v) is 8.37. The summed E-state index contributed by atoms with van der Waals surface area (Å²) in [5.41, 5.74) is 0. The first kappa shape index (κ1) is 14.5. The van der Waals surface area contributed by atoms with Crippen molar-refractivity contribution in [3.8, 4) is 0 Å². The number of aliphatic carboxylic acids is 1. The van der Waals surface area contributed by atoms with Crippen LogP contribution >= 0.6 is 11.3 Å². The molecule has 106 valence electrons. The highest BCUT2D eigenvalue weighted by molar-refractivity contribution is 7.91. The van der Waals surface area contributed by atoms with E-state index in [9.17, 15) is 13.2 Å². The third-order valence-electron chi connectivity index (χ3n) is 3.21. The second kappa shape index (κ2) is 6.00. The van der Waals surface area contributed by atoms with Crippen LogP contribution in [0.2, 0.25) is 0 Å². The number of hydrogen-bond donors (Lipinski definition) is 1. The van der Waals surface area contributed by atoms with Gasteiger partial charge >= 0.3 is 5.97 Å². The lowest BCUT2D eigenvalue weighted by Gasteiger charge is -2.20. The fraction of sp³-hybridized carbons (Fsp3) is 0.667. The number of aromatic nitrogens is 1. The van der Waals surface area contributed by atoms with E-state index in [1.54, 1.807) is 6.20 Å². The Morgan fingerprint density at radius 1 is 1.53 bits per heavy atom. The van der Waals surface area contributed by atoms with Crippen LogP contribution in [-0.4, -0.2) is 36.0 Å². The van der Waals surface area contributed by atoms with Gasteiger partial charge in [-0.25, -0.2) is 13.4 Å². The van der Waals surface area contributed by atoms with Gasteiger partial charge in [0.2, 0.25) is 0 Å². The van der Waals surface area contributed by atoms with Crippen LogP contribution in [0.5, 0.6) is 0 Å². The molecule has 0 amide bonds. The zero-order valence-electron chi connectivity index (χ0n) is 10.5. The molecule has 7 heteroatoms. The molecule has 2 rings (SSSR count). The van der Waals surface area contributed by atoms with Crippen molar-refractivity contribution in [2.45, 2.75) is 32.1 Å². The number of thiazole rings is 1. The van der Waals surface area contributed by atoms with Crippen LogP contribution in [0.25, 0.3) is 0 Å². The standard InChI is InChI=1S/C12H17NO4S2/c14-12(15)4-3-10-7-13-11(18-10)6-9-2-1-5-19(16,17)8-9/h7,9H,1-6,8H2,(H,14,15). The topological polar surface area (TPSA) is 84.3 Å². The molecule has 1 unspecified atom stereocenters. The minimum Gasteiger partial charge on any atom is -0.481 e. The summed E-state index contributed by atoms with van der Waals surface area (Å²) in [6.45, 7) is 0. The Morgan fingerprint density at radius 2 is 2.32 bits per heavy atom. The third-order valence-corrected chi connectivity index (χ3v) is 6.18. The highest BCUT2D eigenvalue weighted by Gasteiger charge is 2.25. The molecule has 0 aliphatic carbocycles. The van der Waals surface area contributed by atoms with Crippen LogP contribution in [0.3, 0.4) is 0 Å². The lowest BCUT2D eigenvalue weighted by molar-refractivity contribution is -0.136. The Balaban J connectivity index is 1.91. The molecule has 1 aliphatic rings. The highest BCUT2D eigenvalue weighted by atomic mass is 32.2. The van der Waals surface area contributed by atoms with Crippen molar-refractivity contribution < 1.29 is 18.3 Å². The van der Waals surface area contributed by atoms with Gasteiger partial charge in [-0.15, -0.1) is 11.3 Å². The van der Waals surface area contributed by atoms with Gasteiger partial charge in [-0.3, -0.25) is 4.79 Å². The van der Waals surface area contributed by atoms with Crippen molar-refractivity contribution >= 4 is 27.1 Å². The number of aryl methyl sites for hydroxylation is 1. The number of hydrogen-bond acceptors (Lipinski definition) is 5. The van der Waals surface area contributed by atoms with Gasteiger partial charge in [0.15, 0.2) is 9.84 Å². The molecule has 1 N–H and O–H groups in total. The minimum atomic E-state index is -2.87. The quantitative estimate of drug-likeness (QED) is 0.891. The third kappa shape index (κ3) is 4.58. The van der Waals surface area contributed by atoms with Gasteiger partial charge < -0.3 is 5.11 Å². The first-order chi connectivity index (χ1) is 8.94. The van der Waals surface area contributed by atoms with Crippen molar-refractivity contribution in [2.24, 2.45) is 5.92 Å². The van der Waals surface area contributed by atoms with E-state index in [0.717, 1.165) is 22.7 Å². The first-order valence-electron chi connectivity index (χ1n) is 6.30. The molecular formula is C12H17NO4S2. The Hall–Kier alpha value is -0.950. The van der Waals surface area contributed by atoms with E-state index in [2.05, 4.69) is 4.98 Å². The summed E-state index contributed by atoms with van der Waals surface area (Å²) in [5, 5.41) is 9.54. The summed E-state index contributed by atoms with van der Waals surface area (Å²) in [6.07, 6.45) is 4.68. The molecule has 0 saturated carbocycles. The van der Waals surface area contributed by atoms with E-state index in [-0.39, 0.29) is 18.1 Å². The molecular weight excluding hydrogens is 286 g/mol. The van der Waals surface area contributed by atoms with E-state index in [0.29, 0.717) is 18.6 Å². The maximum atomic E-state index is 11.6. The number of rotatable bonds is 5. The number of carboxylic acids is 1. The fourth-order valence-corrected chi connectivity index (χ4v) is 5.13. The predicted octanol–water partition coefficient (Wildman–Crippen LogP) is 1.53. The molecule has 0 spiro atoms. The van der Waals surface area contributed by atoms with Gasteiger partial charge in [-0.2, -0.15) is 0 Å². The average molecular weight is 303 g/mol. The highest BCUT2D eigenvalue weighted by Crippen LogP contribution is 2.25. The normalized spacial score (nSPS) is 22.2. The predicted molar refractivity (Wildman–Crippen MR) is 73.2 cm³/mol. The van der Waals surface area contributed by atoms with Crippen molar-refractivity contribution in [1.29, 1.82) is 0 Å². The van der Waals surface area contributed by atoms with E-state index in [4.69, 9.17) is 5.11 Å². The van der Waals surface area contributed by atoms with Gasteiger partial charge in [0, 0.05) is 17.5 Å². The summed E-state index contributed by atoms with van der Waals surface area (Å²) in [4.78, 5) is 15.7. The minimum absolute atomic E-state index is 0.111. The lowest BCUT2D eigenvalue weighted by atomic mass is 10.0. The Kier molecular flexibility index (Phi) is 4.57. The Bertz CT molecular complexity index is 550. The molecule has 1 atom stereocenters. The largest absolute Gasteiger partial charge is 0.481 e. The smallest absolute Gasteiger partial charge is 0.303 e. The molecule has 2 heterocycles. The molecule has 1 saturated heterocycles. The van der Waals surface area contributed by atoms with Crippen molar-refractivity contribution in [2.75, 3.05) is 11.5 Å². The second-order valence-electron chi connectivity index (χ2n) is 4.94. The molecule has 1 aliphatic heterocycles. The molecule has 1 aromatic heterocycles. The SMILES string of the molecule is O=C(O)CCc1cnc(CC2CCCS(=O)(=O)C2)s1. The van der Waals surface area contributed by atoms with Gasteiger partial charge in [0.1, 0.15) is 0 Å². The summed E-state index contributed by atoms with van der Waals surface area (Å²) in [6, 6.07) is 0. The van der Waals surface area contributed by atoms with Gasteiger partial charge in [-0.05, 0) is 25.2 Å². The summed E-state index contributed by atoms with van der Waals surface area (Å²) in [7, 11) is -2.87. The van der Waals surface area contributed by atoms with E-state index >= 15 is 0 Å². The number of carbonyl (C=O) groups is 1. The van der Waals surface area contributed by atoms with Crippen molar-refractivity contribution in [3.63, 3.8) is 0 Å². The average Bonchev–Trinajstić information content (AvgIpc) is 2.73. The van der Waals surface area contributed by atoms with Crippen LogP contribution in [0.1, 0.15) is 29.1 Å². The van der Waals surface area contributed by atoms with E-state index in [1.807, 2.05) is 0 Å². The zero-order valence-corrected chi connectivity index (χ0v) is 12.2. The molecule has 0 bridgehead atoms. The molecule has 5 nitrogen and oxygen atoms in total. The maximum absolute atomic E-state index is 11.6. The number of carboxylic acid groups (broad SMARTS) is 1. The van der Waals surface area contributed by atoms with Gasteiger partial charge in [-0.1, -0.05) is 0 Å². The van der Waals surface area contributed by atoms with E-state index in [1.165, 1.54) is 11.3 Å². The Morgan fingerprint density at radius 3 is 3.00 bits per heavy atom. The maximum Gasteiger partial charge on any atom is 0.303 e. The van der Waals surface area contributed by atoms with Crippen LogP contribution in [-0.2, 0) is 27.5 Å². The van der Waals surface area contributed by atoms with E-state index < -0.39 is 15.8 Å². The summed E-state index contributed by atoms with van der Waals surface area (Å²) >= 11 is 1.50. The summed E-state index contributed by atoms with van der Waals surface area (Å²) in [5.74, 6) is -0.0759. The van der Waals surface area contributed by atoms with Crippen molar-refractivity contribution in [1.82, 2.24) is 4.98 Å². The van der Waals surface area contributed by atoms with Crippen molar-refractivity contribution in [3.05, 3.63) is 16.1 Å². The molecule has 0 radical (unpaired) electrons. The zero-order chi connectivity index (χ0) is 13.9. The lowest BCUT2D eigenvalue weighted by Crippen LogP contribution is -2.26. The van der Waals surface area contributed by atoms with Gasteiger partial charge in [0.05, 0.1) is 22.9 Å². The van der Waals surface area contributed by atoms with Crippen LogP contribution < -0.4 is 0 Å². The summed E-state index contributed by atoms with van der Waals surface area (Å²) < 4.78 is 23.1. The molecule has 19 heavy (non-hydrogen) atoms. The fourth-order valence-electron chi connectivity index (χ4n) is 2.31. The monoisotopic (exact) mass is 303 g/mol. The van der Waals surface area contributed by atoms with Crippen LogP contribution in [0.4, 0.5) is 0 Å². The molecule has 1 aromatic rings.